The maximum atomic E-state index is 13.6. The van der Waals surface area contributed by atoms with Crippen molar-refractivity contribution in [1.82, 2.24) is 4.98 Å². The Kier molecular flexibility index (Phi) is 5.95. The summed E-state index contributed by atoms with van der Waals surface area (Å²) in [6.07, 6.45) is 1.19. The number of aryl methyl sites for hydroxylation is 1. The van der Waals surface area contributed by atoms with Gasteiger partial charge in [0.2, 0.25) is 5.91 Å². The molecular formula is C27H32N4O2. The number of carbonyl (C=O) groups is 2. The van der Waals surface area contributed by atoms with Gasteiger partial charge in [0.05, 0.1) is 5.92 Å². The van der Waals surface area contributed by atoms with E-state index in [9.17, 15) is 9.59 Å². The summed E-state index contributed by atoms with van der Waals surface area (Å²) in [7, 11) is 3.98. The molecule has 2 aliphatic rings. The summed E-state index contributed by atoms with van der Waals surface area (Å²) in [5, 5.41) is 2.97. The van der Waals surface area contributed by atoms with Crippen molar-refractivity contribution in [3.8, 4) is 0 Å². The molecule has 0 spiro atoms. The van der Waals surface area contributed by atoms with Gasteiger partial charge in [0.1, 0.15) is 5.82 Å². The molecule has 172 valence electrons. The summed E-state index contributed by atoms with van der Waals surface area (Å²) < 4.78 is 0. The van der Waals surface area contributed by atoms with Crippen molar-refractivity contribution in [2.24, 2.45) is 16.3 Å². The van der Waals surface area contributed by atoms with E-state index in [-0.39, 0.29) is 23.0 Å². The number of hydrogen-bond donors (Lipinski definition) is 1. The lowest BCUT2D eigenvalue weighted by Crippen LogP contribution is -2.41. The SMILES string of the molecule is CC1=NC2=C(C(=O)CC(C)(C)C2)[C@H](c2ccc(N(C)C)cc2)C1C(=O)Nc1cccc(C)n1. The fraction of sp³-hybridized carbons (Fsp3) is 0.407. The van der Waals surface area contributed by atoms with E-state index in [1.807, 2.05) is 69.2 Å². The van der Waals surface area contributed by atoms with Gasteiger partial charge in [-0.1, -0.05) is 32.0 Å². The second-order valence-corrected chi connectivity index (χ2v) is 10.1. The number of anilines is 2. The molecule has 0 saturated heterocycles. The number of ketones is 1. The zero-order valence-electron chi connectivity index (χ0n) is 20.3. The number of hydrogen-bond acceptors (Lipinski definition) is 5. The molecule has 0 saturated carbocycles. The predicted octanol–water partition coefficient (Wildman–Crippen LogP) is 4.91. The number of amides is 1. The Balaban J connectivity index is 1.79. The quantitative estimate of drug-likeness (QED) is 0.727. The van der Waals surface area contributed by atoms with Crippen LogP contribution in [0.1, 0.15) is 50.8 Å². The average Bonchev–Trinajstić information content (AvgIpc) is 2.71. The average molecular weight is 445 g/mol. The van der Waals surface area contributed by atoms with E-state index in [1.165, 1.54) is 0 Å². The third-order valence-electron chi connectivity index (χ3n) is 6.49. The van der Waals surface area contributed by atoms with Crippen molar-refractivity contribution in [1.29, 1.82) is 0 Å². The lowest BCUT2D eigenvalue weighted by Gasteiger charge is -2.39. The van der Waals surface area contributed by atoms with E-state index in [4.69, 9.17) is 4.99 Å². The van der Waals surface area contributed by atoms with Crippen LogP contribution in [0.3, 0.4) is 0 Å². The van der Waals surface area contributed by atoms with Crippen molar-refractivity contribution < 1.29 is 9.59 Å². The minimum absolute atomic E-state index is 0.0886. The minimum atomic E-state index is -0.582. The molecule has 1 aliphatic carbocycles. The lowest BCUT2D eigenvalue weighted by atomic mass is 9.66. The van der Waals surface area contributed by atoms with Crippen LogP contribution in [0.25, 0.3) is 0 Å². The molecule has 1 aromatic heterocycles. The second kappa shape index (κ2) is 8.58. The Bertz CT molecular complexity index is 1160. The topological polar surface area (TPSA) is 74.7 Å². The van der Waals surface area contributed by atoms with Crippen molar-refractivity contribution in [3.63, 3.8) is 0 Å². The van der Waals surface area contributed by atoms with Gasteiger partial charge in [-0.25, -0.2) is 4.98 Å². The molecule has 0 radical (unpaired) electrons. The van der Waals surface area contributed by atoms with Crippen molar-refractivity contribution in [2.75, 3.05) is 24.3 Å². The molecule has 0 fully saturated rings. The number of aliphatic imine (C=N–C) groups is 1. The maximum Gasteiger partial charge on any atom is 0.235 e. The van der Waals surface area contributed by atoms with Gasteiger partial charge in [-0.05, 0) is 55.5 Å². The summed E-state index contributed by atoms with van der Waals surface area (Å²) in [6.45, 7) is 7.98. The van der Waals surface area contributed by atoms with E-state index >= 15 is 0 Å². The number of Topliss-reactive ketones (excluding diaryl/α,β-unsaturated/α-hetero) is 1. The van der Waals surface area contributed by atoms with Gasteiger partial charge < -0.3 is 10.2 Å². The number of nitrogens with one attached hydrogen (secondary N) is 1. The molecule has 2 atom stereocenters. The van der Waals surface area contributed by atoms with Crippen LogP contribution in [-0.4, -0.2) is 36.5 Å². The number of benzene rings is 1. The standard InChI is InChI=1S/C27H32N4O2/c1-16-8-7-9-22(28-16)30-26(33)23-17(2)29-20-14-27(3,4)15-21(32)25(20)24(23)18-10-12-19(13-11-18)31(5)6/h7-13,23-24H,14-15H2,1-6H3,(H,28,30,33)/t23?,24-/m1/s1. The number of allylic oxidation sites excluding steroid dienone is 2. The fourth-order valence-electron chi connectivity index (χ4n) is 4.94. The van der Waals surface area contributed by atoms with Gasteiger partial charge in [0, 0.05) is 54.8 Å². The first kappa shape index (κ1) is 22.9. The molecular weight excluding hydrogens is 412 g/mol. The van der Waals surface area contributed by atoms with Gasteiger partial charge in [-0.15, -0.1) is 0 Å². The summed E-state index contributed by atoms with van der Waals surface area (Å²) >= 11 is 0. The third-order valence-corrected chi connectivity index (χ3v) is 6.49. The van der Waals surface area contributed by atoms with Crippen LogP contribution in [0.5, 0.6) is 0 Å². The Morgan fingerprint density at radius 2 is 1.76 bits per heavy atom. The van der Waals surface area contributed by atoms with E-state index in [0.717, 1.165) is 34.8 Å². The zero-order valence-corrected chi connectivity index (χ0v) is 20.3. The highest BCUT2D eigenvalue weighted by atomic mass is 16.2. The van der Waals surface area contributed by atoms with Crippen LogP contribution in [0.4, 0.5) is 11.5 Å². The molecule has 0 bridgehead atoms. The number of rotatable bonds is 4. The molecule has 2 heterocycles. The summed E-state index contributed by atoms with van der Waals surface area (Å²) in [4.78, 5) is 38.3. The molecule has 1 amide bonds. The highest BCUT2D eigenvalue weighted by Crippen LogP contribution is 2.48. The van der Waals surface area contributed by atoms with Crippen LogP contribution < -0.4 is 10.2 Å². The first-order valence-corrected chi connectivity index (χ1v) is 11.4. The lowest BCUT2D eigenvalue weighted by molar-refractivity contribution is -0.119. The van der Waals surface area contributed by atoms with Gasteiger partial charge in [-0.2, -0.15) is 0 Å². The van der Waals surface area contributed by atoms with Crippen molar-refractivity contribution in [3.05, 3.63) is 65.0 Å². The molecule has 1 N–H and O–H groups in total. The van der Waals surface area contributed by atoms with Gasteiger partial charge >= 0.3 is 0 Å². The predicted molar refractivity (Wildman–Crippen MR) is 133 cm³/mol. The fourth-order valence-corrected chi connectivity index (χ4v) is 4.94. The Hall–Kier alpha value is -3.28. The van der Waals surface area contributed by atoms with Crippen molar-refractivity contribution in [2.45, 2.75) is 46.5 Å². The van der Waals surface area contributed by atoms with Crippen LogP contribution in [0, 0.1) is 18.3 Å². The molecule has 1 aliphatic heterocycles. The number of carbonyl (C=O) groups excluding carboxylic acids is 2. The van der Waals surface area contributed by atoms with Crippen LogP contribution >= 0.6 is 0 Å². The first-order chi connectivity index (χ1) is 15.6. The third kappa shape index (κ3) is 4.61. The molecule has 6 heteroatoms. The van der Waals surface area contributed by atoms with Crippen LogP contribution in [0.15, 0.2) is 58.7 Å². The molecule has 1 aromatic carbocycles. The largest absolute Gasteiger partial charge is 0.378 e. The highest BCUT2D eigenvalue weighted by molar-refractivity contribution is 6.13. The van der Waals surface area contributed by atoms with E-state index in [0.29, 0.717) is 17.8 Å². The summed E-state index contributed by atoms with van der Waals surface area (Å²) in [5.41, 5.74) is 4.95. The van der Waals surface area contributed by atoms with E-state index < -0.39 is 5.92 Å². The van der Waals surface area contributed by atoms with Gasteiger partial charge in [0.25, 0.3) is 0 Å². The summed E-state index contributed by atoms with van der Waals surface area (Å²) in [5.74, 6) is -0.556. The highest BCUT2D eigenvalue weighted by Gasteiger charge is 2.45. The van der Waals surface area contributed by atoms with Crippen LogP contribution in [0.2, 0.25) is 0 Å². The Morgan fingerprint density at radius 3 is 2.39 bits per heavy atom. The normalized spacial score (nSPS) is 21.9. The first-order valence-electron chi connectivity index (χ1n) is 11.4. The zero-order chi connectivity index (χ0) is 23.9. The molecule has 4 rings (SSSR count). The monoisotopic (exact) mass is 444 g/mol. The van der Waals surface area contributed by atoms with Gasteiger partial charge in [-0.3, -0.25) is 14.6 Å². The molecule has 33 heavy (non-hydrogen) atoms. The number of aromatic nitrogens is 1. The van der Waals surface area contributed by atoms with E-state index in [1.54, 1.807) is 6.07 Å². The van der Waals surface area contributed by atoms with E-state index in [2.05, 4.69) is 24.1 Å². The maximum absolute atomic E-state index is 13.6. The second-order valence-electron chi connectivity index (χ2n) is 10.1. The number of pyridine rings is 1. The Morgan fingerprint density at radius 1 is 1.06 bits per heavy atom. The smallest absolute Gasteiger partial charge is 0.235 e. The minimum Gasteiger partial charge on any atom is -0.378 e. The van der Waals surface area contributed by atoms with Crippen LogP contribution in [-0.2, 0) is 9.59 Å². The summed E-state index contributed by atoms with van der Waals surface area (Å²) in [6, 6.07) is 13.7. The molecule has 1 unspecified atom stereocenters. The Labute approximate surface area is 195 Å². The molecule has 2 aromatic rings. The van der Waals surface area contributed by atoms with Crippen molar-refractivity contribution >= 4 is 28.9 Å². The van der Waals surface area contributed by atoms with Gasteiger partial charge in [0.15, 0.2) is 5.78 Å². The number of nitrogens with zero attached hydrogens (tertiary/aromatic N) is 3. The molecule has 6 nitrogen and oxygen atoms in total.